The van der Waals surface area contributed by atoms with E-state index in [1.165, 1.54) is 11.8 Å². The van der Waals surface area contributed by atoms with Crippen molar-refractivity contribution in [1.29, 1.82) is 0 Å². The summed E-state index contributed by atoms with van der Waals surface area (Å²) in [5.41, 5.74) is 0.845. The van der Waals surface area contributed by atoms with Gasteiger partial charge >= 0.3 is 6.09 Å². The number of amides is 2. The van der Waals surface area contributed by atoms with Gasteiger partial charge in [0.25, 0.3) is 0 Å². The zero-order valence-corrected chi connectivity index (χ0v) is 13.3. The van der Waals surface area contributed by atoms with Crippen molar-refractivity contribution in [1.82, 2.24) is 20.1 Å². The van der Waals surface area contributed by atoms with Crippen LogP contribution in [0.15, 0.2) is 21.9 Å². The highest BCUT2D eigenvalue weighted by molar-refractivity contribution is 7.99. The maximum Gasteiger partial charge on any atom is 0.413 e. The molecule has 2 amide bonds. The van der Waals surface area contributed by atoms with Gasteiger partial charge in [-0.15, -0.1) is 10.2 Å². The predicted molar refractivity (Wildman–Crippen MR) is 79.3 cm³/mol. The van der Waals surface area contributed by atoms with Crippen LogP contribution < -0.4 is 5.32 Å². The molecule has 118 valence electrons. The van der Waals surface area contributed by atoms with Crippen LogP contribution in [0.25, 0.3) is 11.4 Å². The van der Waals surface area contributed by atoms with E-state index < -0.39 is 12.0 Å². The van der Waals surface area contributed by atoms with Crippen LogP contribution in [-0.4, -0.2) is 39.1 Å². The number of ether oxygens (including phenoxy) is 1. The quantitative estimate of drug-likeness (QED) is 0.836. The Morgan fingerprint density at radius 2 is 2.23 bits per heavy atom. The van der Waals surface area contributed by atoms with E-state index in [4.69, 9.17) is 4.42 Å². The Bertz CT molecular complexity index is 679. The summed E-state index contributed by atoms with van der Waals surface area (Å²) in [6, 6.07) is 1.81. The first kappa shape index (κ1) is 16.1. The molecule has 0 aliphatic carbocycles. The Kier molecular flexibility index (Phi) is 5.21. The lowest BCUT2D eigenvalue weighted by molar-refractivity contribution is -0.117. The number of thioether (sulfide) groups is 1. The minimum Gasteiger partial charge on any atom is -0.469 e. The highest BCUT2D eigenvalue weighted by Crippen LogP contribution is 2.25. The van der Waals surface area contributed by atoms with Gasteiger partial charge in [0.05, 0.1) is 24.2 Å². The van der Waals surface area contributed by atoms with Gasteiger partial charge in [0.1, 0.15) is 5.76 Å². The number of hydrogen-bond acceptors (Lipinski definition) is 7. The summed E-state index contributed by atoms with van der Waals surface area (Å²) in [7, 11) is 1.80. The van der Waals surface area contributed by atoms with Gasteiger partial charge in [-0.1, -0.05) is 11.8 Å². The van der Waals surface area contributed by atoms with E-state index in [-0.39, 0.29) is 12.4 Å². The predicted octanol–water partition coefficient (Wildman–Crippen LogP) is 1.75. The molecule has 8 nitrogen and oxygen atoms in total. The van der Waals surface area contributed by atoms with E-state index in [1.807, 2.05) is 6.92 Å². The van der Waals surface area contributed by atoms with Crippen molar-refractivity contribution in [2.45, 2.75) is 19.0 Å². The molecule has 0 aliphatic heterocycles. The van der Waals surface area contributed by atoms with Crippen LogP contribution in [0, 0.1) is 6.92 Å². The van der Waals surface area contributed by atoms with Gasteiger partial charge in [-0.25, -0.2) is 4.79 Å². The van der Waals surface area contributed by atoms with Crippen molar-refractivity contribution in [3.05, 3.63) is 18.1 Å². The van der Waals surface area contributed by atoms with E-state index in [0.29, 0.717) is 11.0 Å². The van der Waals surface area contributed by atoms with Gasteiger partial charge in [0.15, 0.2) is 11.0 Å². The highest BCUT2D eigenvalue weighted by Gasteiger charge is 2.16. The molecule has 0 aromatic carbocycles. The average Bonchev–Trinajstić information content (AvgIpc) is 3.03. The third-order valence-electron chi connectivity index (χ3n) is 2.78. The molecule has 0 spiro atoms. The summed E-state index contributed by atoms with van der Waals surface area (Å²) in [4.78, 5) is 22.7. The van der Waals surface area contributed by atoms with Crippen molar-refractivity contribution in [3.8, 4) is 11.4 Å². The van der Waals surface area contributed by atoms with Gasteiger partial charge < -0.3 is 13.7 Å². The fraction of sp³-hybridized carbons (Fsp3) is 0.385. The maximum absolute atomic E-state index is 11.6. The van der Waals surface area contributed by atoms with Crippen molar-refractivity contribution in [2.24, 2.45) is 7.05 Å². The molecule has 1 N–H and O–H groups in total. The van der Waals surface area contributed by atoms with Crippen LogP contribution in [-0.2, 0) is 16.6 Å². The van der Waals surface area contributed by atoms with E-state index in [9.17, 15) is 9.59 Å². The topological polar surface area (TPSA) is 99.2 Å². The zero-order chi connectivity index (χ0) is 16.1. The Morgan fingerprint density at radius 1 is 1.45 bits per heavy atom. The average molecular weight is 324 g/mol. The number of nitrogens with zero attached hydrogens (tertiary/aromatic N) is 3. The van der Waals surface area contributed by atoms with Gasteiger partial charge in [-0.3, -0.25) is 10.1 Å². The summed E-state index contributed by atoms with van der Waals surface area (Å²) < 4.78 is 11.6. The van der Waals surface area contributed by atoms with Gasteiger partial charge in [-0.05, 0) is 19.9 Å². The molecule has 2 aromatic rings. The van der Waals surface area contributed by atoms with Crippen molar-refractivity contribution in [3.63, 3.8) is 0 Å². The molecule has 0 atom stereocenters. The summed E-state index contributed by atoms with van der Waals surface area (Å²) in [6.45, 7) is 3.71. The first-order chi connectivity index (χ1) is 10.5. The van der Waals surface area contributed by atoms with Crippen LogP contribution in [0.2, 0.25) is 0 Å². The van der Waals surface area contributed by atoms with E-state index in [1.54, 1.807) is 30.9 Å². The number of carbonyl (C=O) groups is 2. The number of hydrogen-bond donors (Lipinski definition) is 1. The Hall–Kier alpha value is -2.29. The van der Waals surface area contributed by atoms with Crippen LogP contribution in [0.5, 0.6) is 0 Å². The van der Waals surface area contributed by atoms with Crippen LogP contribution in [0.3, 0.4) is 0 Å². The number of nitrogens with one attached hydrogen (secondary N) is 1. The monoisotopic (exact) mass is 324 g/mol. The lowest BCUT2D eigenvalue weighted by Crippen LogP contribution is -2.32. The molecule has 0 saturated heterocycles. The van der Waals surface area contributed by atoms with Gasteiger partial charge in [-0.2, -0.15) is 0 Å². The standard InChI is InChI=1S/C13H16N4O4S/c1-4-20-13(19)14-10(18)7-22-12-16-15-11(17(12)3)9-5-6-21-8(9)2/h5-6H,4,7H2,1-3H3,(H,14,18,19). The molecule has 0 fully saturated rings. The molecule has 2 rings (SSSR count). The molecule has 0 radical (unpaired) electrons. The van der Waals surface area contributed by atoms with Crippen molar-refractivity contribution in [2.75, 3.05) is 12.4 Å². The molecule has 22 heavy (non-hydrogen) atoms. The fourth-order valence-corrected chi connectivity index (χ4v) is 2.45. The molecule has 0 aliphatic rings. The smallest absolute Gasteiger partial charge is 0.413 e. The molecule has 2 aromatic heterocycles. The zero-order valence-electron chi connectivity index (χ0n) is 12.5. The number of rotatable bonds is 5. The lowest BCUT2D eigenvalue weighted by atomic mass is 10.2. The number of aryl methyl sites for hydroxylation is 1. The first-order valence-electron chi connectivity index (χ1n) is 6.56. The summed E-state index contributed by atoms with van der Waals surface area (Å²) in [6.07, 6.45) is 0.833. The number of aromatic nitrogens is 3. The third kappa shape index (κ3) is 3.67. The fourth-order valence-electron chi connectivity index (χ4n) is 1.74. The number of alkyl carbamates (subject to hydrolysis) is 1. The Morgan fingerprint density at radius 3 is 2.86 bits per heavy atom. The number of imide groups is 1. The molecule has 0 unspecified atom stereocenters. The SMILES string of the molecule is CCOC(=O)NC(=O)CSc1nnc(-c2ccoc2C)n1C. The lowest BCUT2D eigenvalue weighted by Gasteiger charge is -2.04. The van der Waals surface area contributed by atoms with Crippen LogP contribution >= 0.6 is 11.8 Å². The second-order valence-electron chi connectivity index (χ2n) is 4.31. The summed E-state index contributed by atoms with van der Waals surface area (Å²) in [5.74, 6) is 0.981. The minimum atomic E-state index is -0.749. The second kappa shape index (κ2) is 7.12. The normalized spacial score (nSPS) is 10.5. The highest BCUT2D eigenvalue weighted by atomic mass is 32.2. The van der Waals surface area contributed by atoms with Gasteiger partial charge in [0.2, 0.25) is 5.91 Å². The van der Waals surface area contributed by atoms with E-state index in [2.05, 4.69) is 20.3 Å². The largest absolute Gasteiger partial charge is 0.469 e. The molecule has 0 bridgehead atoms. The third-order valence-corrected chi connectivity index (χ3v) is 3.80. The molecule has 2 heterocycles. The number of furan rings is 1. The maximum atomic E-state index is 11.6. The van der Waals surface area contributed by atoms with E-state index >= 15 is 0 Å². The molecular formula is C13H16N4O4S. The molecule has 9 heteroatoms. The van der Waals surface area contributed by atoms with Crippen LogP contribution in [0.4, 0.5) is 4.79 Å². The minimum absolute atomic E-state index is 0.0369. The Labute approximate surface area is 131 Å². The van der Waals surface area contributed by atoms with E-state index in [0.717, 1.165) is 11.3 Å². The summed E-state index contributed by atoms with van der Waals surface area (Å²) >= 11 is 1.18. The van der Waals surface area contributed by atoms with Gasteiger partial charge in [0, 0.05) is 7.05 Å². The van der Waals surface area contributed by atoms with Crippen LogP contribution in [0.1, 0.15) is 12.7 Å². The summed E-state index contributed by atoms with van der Waals surface area (Å²) in [5, 5.41) is 10.8. The molecule has 0 saturated carbocycles. The van der Waals surface area contributed by atoms with Crippen molar-refractivity contribution >= 4 is 23.8 Å². The first-order valence-corrected chi connectivity index (χ1v) is 7.54. The Balaban J connectivity index is 1.97. The second-order valence-corrected chi connectivity index (χ2v) is 5.26. The van der Waals surface area contributed by atoms with Crippen molar-refractivity contribution < 1.29 is 18.7 Å². The molecular weight excluding hydrogens is 308 g/mol. The number of carbonyl (C=O) groups excluding carboxylic acids is 2.